The number of benzene rings is 2. The number of anilines is 1. The van der Waals surface area contributed by atoms with E-state index in [1.807, 2.05) is 42.2 Å². The fourth-order valence-electron chi connectivity index (χ4n) is 3.70. The van der Waals surface area contributed by atoms with Crippen molar-refractivity contribution >= 4 is 11.8 Å². The molecule has 0 saturated carbocycles. The van der Waals surface area contributed by atoms with Gasteiger partial charge in [-0.3, -0.25) is 4.90 Å². The minimum atomic E-state index is -4.35. The molecule has 3 rings (SSSR count). The number of aliphatic hydroxyl groups excluding tert-OH is 1. The van der Waals surface area contributed by atoms with Crippen molar-refractivity contribution in [3.8, 4) is 11.5 Å². The molecule has 0 amide bonds. The predicted molar refractivity (Wildman–Crippen MR) is 119 cm³/mol. The molecule has 0 aliphatic carbocycles. The van der Waals surface area contributed by atoms with E-state index in [1.54, 1.807) is 13.2 Å². The maximum absolute atomic E-state index is 13.0. The van der Waals surface area contributed by atoms with Gasteiger partial charge in [0, 0.05) is 38.4 Å². The lowest BCUT2D eigenvalue weighted by Crippen LogP contribution is -2.49. The number of rotatable bonds is 8. The van der Waals surface area contributed by atoms with E-state index in [1.165, 1.54) is 12.1 Å². The maximum atomic E-state index is 13.0. The van der Waals surface area contributed by atoms with Crippen LogP contribution in [0, 0.1) is 0 Å². The highest BCUT2D eigenvalue weighted by molar-refractivity contribution is 5.55. The van der Waals surface area contributed by atoms with Gasteiger partial charge in [-0.2, -0.15) is 13.2 Å². The molecule has 1 N–H and O–H groups in total. The standard InChI is InChI=1S/C24H29F3N2O3/c1-3-5-18-8-9-22(23(14-18)31-2)32-17-21(30)16-28-10-12-29(13-11-28)20-7-4-6-19(15-20)24(25,26)27/h3-9,14-15,21,30H,10-13,16-17H2,1-2H3/b5-3+. The Bertz CT molecular complexity index is 910. The Labute approximate surface area is 186 Å². The fraction of sp³-hybridized carbons (Fsp3) is 0.417. The zero-order chi connectivity index (χ0) is 23.1. The molecule has 1 heterocycles. The van der Waals surface area contributed by atoms with Crippen LogP contribution in [0.3, 0.4) is 0 Å². The number of nitrogens with zero attached hydrogens (tertiary/aromatic N) is 2. The van der Waals surface area contributed by atoms with E-state index in [2.05, 4.69) is 4.90 Å². The van der Waals surface area contributed by atoms with E-state index >= 15 is 0 Å². The summed E-state index contributed by atoms with van der Waals surface area (Å²) in [6.07, 6.45) is -1.15. The maximum Gasteiger partial charge on any atom is 0.416 e. The topological polar surface area (TPSA) is 45.2 Å². The normalized spacial score (nSPS) is 16.4. The van der Waals surface area contributed by atoms with Gasteiger partial charge >= 0.3 is 6.18 Å². The summed E-state index contributed by atoms with van der Waals surface area (Å²) in [5.74, 6) is 1.16. The first-order valence-electron chi connectivity index (χ1n) is 10.6. The first-order valence-corrected chi connectivity index (χ1v) is 10.6. The molecule has 1 fully saturated rings. The number of allylic oxidation sites excluding steroid dienone is 1. The van der Waals surface area contributed by atoms with Crippen LogP contribution in [0.25, 0.3) is 6.08 Å². The lowest BCUT2D eigenvalue weighted by molar-refractivity contribution is -0.137. The summed E-state index contributed by atoms with van der Waals surface area (Å²) in [5, 5.41) is 10.4. The molecule has 0 aromatic heterocycles. The number of piperazine rings is 1. The summed E-state index contributed by atoms with van der Waals surface area (Å²) in [5.41, 5.74) is 0.923. The summed E-state index contributed by atoms with van der Waals surface area (Å²) in [6, 6.07) is 11.0. The first kappa shape index (κ1) is 23.9. The third-order valence-electron chi connectivity index (χ3n) is 5.36. The van der Waals surface area contributed by atoms with Crippen molar-refractivity contribution in [2.24, 2.45) is 0 Å². The first-order chi connectivity index (χ1) is 15.3. The molecule has 8 heteroatoms. The molecule has 174 valence electrons. The largest absolute Gasteiger partial charge is 0.493 e. The molecule has 2 aromatic rings. The predicted octanol–water partition coefficient (Wildman–Crippen LogP) is 4.31. The Morgan fingerprint density at radius 2 is 1.81 bits per heavy atom. The SMILES string of the molecule is C/C=C/c1ccc(OCC(O)CN2CCN(c3cccc(C(F)(F)F)c3)CC2)c(OC)c1. The highest BCUT2D eigenvalue weighted by Gasteiger charge is 2.31. The zero-order valence-electron chi connectivity index (χ0n) is 18.3. The molecule has 32 heavy (non-hydrogen) atoms. The second-order valence-corrected chi connectivity index (χ2v) is 7.71. The van der Waals surface area contributed by atoms with Crippen molar-refractivity contribution in [3.63, 3.8) is 0 Å². The lowest BCUT2D eigenvalue weighted by atomic mass is 10.1. The lowest BCUT2D eigenvalue weighted by Gasteiger charge is -2.37. The number of ether oxygens (including phenoxy) is 2. The van der Waals surface area contributed by atoms with Crippen molar-refractivity contribution in [2.75, 3.05) is 51.3 Å². The van der Waals surface area contributed by atoms with Crippen LogP contribution in [-0.2, 0) is 6.18 Å². The highest BCUT2D eigenvalue weighted by atomic mass is 19.4. The minimum absolute atomic E-state index is 0.118. The molecule has 1 unspecified atom stereocenters. The molecule has 1 aliphatic rings. The Balaban J connectivity index is 1.48. The van der Waals surface area contributed by atoms with Crippen LogP contribution in [0.15, 0.2) is 48.5 Å². The van der Waals surface area contributed by atoms with Crippen LogP contribution in [-0.4, -0.2) is 62.6 Å². The molecular formula is C24H29F3N2O3. The average molecular weight is 451 g/mol. The van der Waals surface area contributed by atoms with E-state index in [0.29, 0.717) is 49.9 Å². The van der Waals surface area contributed by atoms with E-state index in [4.69, 9.17) is 9.47 Å². The summed E-state index contributed by atoms with van der Waals surface area (Å²) >= 11 is 0. The summed E-state index contributed by atoms with van der Waals surface area (Å²) in [7, 11) is 1.57. The molecule has 2 aromatic carbocycles. The molecule has 1 aliphatic heterocycles. The van der Waals surface area contributed by atoms with Crippen LogP contribution in [0.1, 0.15) is 18.1 Å². The molecule has 1 atom stereocenters. The van der Waals surface area contributed by atoms with Gasteiger partial charge in [0.05, 0.1) is 12.7 Å². The minimum Gasteiger partial charge on any atom is -0.493 e. The van der Waals surface area contributed by atoms with Crippen LogP contribution in [0.2, 0.25) is 0 Å². The molecule has 0 spiro atoms. The number of methoxy groups -OCH3 is 1. The van der Waals surface area contributed by atoms with Gasteiger partial charge in [-0.25, -0.2) is 0 Å². The summed E-state index contributed by atoms with van der Waals surface area (Å²) < 4.78 is 50.0. The summed E-state index contributed by atoms with van der Waals surface area (Å²) in [6.45, 7) is 4.96. The quantitative estimate of drug-likeness (QED) is 0.650. The third kappa shape index (κ3) is 6.40. The van der Waals surface area contributed by atoms with Crippen LogP contribution in [0.4, 0.5) is 18.9 Å². The smallest absolute Gasteiger partial charge is 0.416 e. The van der Waals surface area contributed by atoms with Crippen molar-refractivity contribution in [1.29, 1.82) is 0 Å². The monoisotopic (exact) mass is 450 g/mol. The number of alkyl halides is 3. The van der Waals surface area contributed by atoms with Gasteiger partial charge in [0.15, 0.2) is 11.5 Å². The number of hydrogen-bond acceptors (Lipinski definition) is 5. The van der Waals surface area contributed by atoms with E-state index < -0.39 is 17.8 Å². The van der Waals surface area contributed by atoms with Gasteiger partial charge in [0.25, 0.3) is 0 Å². The van der Waals surface area contributed by atoms with Gasteiger partial charge in [0.1, 0.15) is 12.7 Å². The molecule has 5 nitrogen and oxygen atoms in total. The number of hydrogen-bond donors (Lipinski definition) is 1. The van der Waals surface area contributed by atoms with Gasteiger partial charge in [-0.05, 0) is 42.8 Å². The number of aliphatic hydroxyl groups is 1. The number of halogens is 3. The molecule has 0 radical (unpaired) electrons. The summed E-state index contributed by atoms with van der Waals surface area (Å²) in [4.78, 5) is 4.02. The molecular weight excluding hydrogens is 421 g/mol. The van der Waals surface area contributed by atoms with Crippen LogP contribution < -0.4 is 14.4 Å². The molecule has 0 bridgehead atoms. The third-order valence-corrected chi connectivity index (χ3v) is 5.36. The van der Waals surface area contributed by atoms with Crippen molar-refractivity contribution in [2.45, 2.75) is 19.2 Å². The highest BCUT2D eigenvalue weighted by Crippen LogP contribution is 2.32. The Morgan fingerprint density at radius 1 is 1.06 bits per heavy atom. The van der Waals surface area contributed by atoms with E-state index in [-0.39, 0.29) is 6.61 Å². The van der Waals surface area contributed by atoms with Crippen molar-refractivity contribution in [3.05, 3.63) is 59.7 Å². The Morgan fingerprint density at radius 3 is 2.47 bits per heavy atom. The van der Waals surface area contributed by atoms with E-state index in [9.17, 15) is 18.3 Å². The second-order valence-electron chi connectivity index (χ2n) is 7.71. The zero-order valence-corrected chi connectivity index (χ0v) is 18.3. The Hall–Kier alpha value is -2.71. The van der Waals surface area contributed by atoms with Gasteiger partial charge in [0.2, 0.25) is 0 Å². The van der Waals surface area contributed by atoms with E-state index in [0.717, 1.165) is 11.6 Å². The van der Waals surface area contributed by atoms with Crippen LogP contribution >= 0.6 is 0 Å². The van der Waals surface area contributed by atoms with Crippen LogP contribution in [0.5, 0.6) is 11.5 Å². The van der Waals surface area contributed by atoms with Gasteiger partial charge < -0.3 is 19.5 Å². The fourth-order valence-corrected chi connectivity index (χ4v) is 3.70. The van der Waals surface area contributed by atoms with Gasteiger partial charge in [-0.1, -0.05) is 24.3 Å². The molecule has 1 saturated heterocycles. The van der Waals surface area contributed by atoms with Gasteiger partial charge in [-0.15, -0.1) is 0 Å². The van der Waals surface area contributed by atoms with Crippen molar-refractivity contribution in [1.82, 2.24) is 4.90 Å². The average Bonchev–Trinajstić information content (AvgIpc) is 2.78. The Kier molecular flexibility index (Phi) is 8.04. The number of β-amino-alcohol motifs (C(OH)–C–C–N with tert-alkyl or cyclic N) is 1. The second kappa shape index (κ2) is 10.7. The van der Waals surface area contributed by atoms with Crippen molar-refractivity contribution < 1.29 is 27.8 Å².